The predicted octanol–water partition coefficient (Wildman–Crippen LogP) is 11.3. The van der Waals surface area contributed by atoms with Gasteiger partial charge in [-0.15, -0.1) is 0 Å². The molecule has 0 bridgehead atoms. The van der Waals surface area contributed by atoms with E-state index in [1.54, 1.807) is 37.2 Å². The lowest BCUT2D eigenvalue weighted by molar-refractivity contribution is 0.601. The highest BCUT2D eigenvalue weighted by molar-refractivity contribution is 8.13. The molecule has 10 aromatic rings. The third kappa shape index (κ3) is 13.8. The summed E-state index contributed by atoms with van der Waals surface area (Å²) in [5.41, 5.74) is 16.7. The third-order valence-corrected chi connectivity index (χ3v) is 11.6. The van der Waals surface area contributed by atoms with E-state index >= 15 is 0 Å². The number of sulfone groups is 1. The van der Waals surface area contributed by atoms with Crippen LogP contribution < -0.4 is 16.4 Å². The first-order valence-corrected chi connectivity index (χ1v) is 27.0. The summed E-state index contributed by atoms with van der Waals surface area (Å²) < 4.78 is 42.4. The summed E-state index contributed by atoms with van der Waals surface area (Å²) in [5, 5.41) is 11.2. The Kier molecular flexibility index (Phi) is 15.7. The van der Waals surface area contributed by atoms with Gasteiger partial charge in [-0.25, -0.2) is 26.8 Å². The zero-order valence-electron chi connectivity index (χ0n) is 38.7. The minimum Gasteiger partial charge on any atom is -0.397 e. The summed E-state index contributed by atoms with van der Waals surface area (Å²) >= 11 is 0. The maximum Gasteiger partial charge on any atom is 0.229 e. The standard InChI is InChI=1S/C28H24N4O2S.C26H21N5.CH3ClO2S/c1-35(33,34)19-20-14-23(17-29-16-20)26-15-22-10-7-12-25(21-8-3-2-4-9-21)27(22)28(32-26)31-18-24-11-5-6-13-30-24;27-21-13-20(15-28-16-21)24-14-19-9-6-11-23(18-7-2-1-3-8-18)25(19)26(31-24)30-17-22-10-4-5-12-29-22;1-5(2,3)4/h2-17H,18-19H2,1H3,(H,31,32);1-16H,17,27H2,(H,30,31);1H3. The van der Waals surface area contributed by atoms with Crippen LogP contribution in [0, 0.1) is 0 Å². The lowest BCUT2D eigenvalue weighted by Gasteiger charge is -2.15. The normalized spacial score (nSPS) is 11.2. The summed E-state index contributed by atoms with van der Waals surface area (Å²) in [5.74, 6) is 1.47. The van der Waals surface area contributed by atoms with Crippen molar-refractivity contribution >= 4 is 68.4 Å². The number of aromatic nitrogens is 6. The van der Waals surface area contributed by atoms with E-state index in [9.17, 15) is 16.8 Å². The number of halogens is 1. The molecule has 356 valence electrons. The van der Waals surface area contributed by atoms with E-state index < -0.39 is 18.9 Å². The first-order valence-electron chi connectivity index (χ1n) is 22.2. The average Bonchev–Trinajstić information content (AvgIpc) is 3.37. The Morgan fingerprint density at radius 1 is 0.507 bits per heavy atom. The Labute approximate surface area is 417 Å². The number of nitrogen functional groups attached to an aromatic ring is 1. The Morgan fingerprint density at radius 2 is 0.958 bits per heavy atom. The molecule has 0 aliphatic heterocycles. The summed E-state index contributed by atoms with van der Waals surface area (Å²) in [6.07, 6.45) is 12.4. The molecule has 10 rings (SSSR count). The SMILES string of the molecule is CS(=O)(=O)Cc1cncc(-c2cc3cccc(-c4ccccc4)c3c(NCc3ccccn3)n2)c1.CS(=O)(=O)Cl.Nc1cncc(-c2cc3cccc(-c4ccccc4)c3c(NCc3ccccn3)n2)c1. The summed E-state index contributed by atoms with van der Waals surface area (Å²) in [7, 11) is -1.87. The van der Waals surface area contributed by atoms with Crippen molar-refractivity contribution in [1.29, 1.82) is 0 Å². The summed E-state index contributed by atoms with van der Waals surface area (Å²) in [6, 6.07) is 52.7. The fourth-order valence-electron chi connectivity index (χ4n) is 7.85. The molecule has 0 radical (unpaired) electrons. The van der Waals surface area contributed by atoms with Crippen LogP contribution in [-0.2, 0) is 37.7 Å². The van der Waals surface area contributed by atoms with Crippen molar-refractivity contribution in [3.63, 3.8) is 0 Å². The molecule has 6 aromatic heterocycles. The average molecular weight is 999 g/mol. The number of nitrogens with two attached hydrogens (primary N) is 1. The van der Waals surface area contributed by atoms with Gasteiger partial charge in [0, 0.05) is 76.0 Å². The zero-order chi connectivity index (χ0) is 49.8. The highest BCUT2D eigenvalue weighted by Crippen LogP contribution is 2.38. The second-order valence-corrected chi connectivity index (χ2v) is 21.6. The van der Waals surface area contributed by atoms with Gasteiger partial charge in [-0.1, -0.05) is 109 Å². The van der Waals surface area contributed by atoms with Crippen LogP contribution in [0.4, 0.5) is 17.3 Å². The maximum absolute atomic E-state index is 11.8. The summed E-state index contributed by atoms with van der Waals surface area (Å²) in [4.78, 5) is 27.3. The van der Waals surface area contributed by atoms with Crippen LogP contribution in [0.1, 0.15) is 17.0 Å². The molecule has 0 aliphatic rings. The van der Waals surface area contributed by atoms with Crippen molar-refractivity contribution in [2.24, 2.45) is 0 Å². The molecule has 71 heavy (non-hydrogen) atoms. The molecular weight excluding hydrogens is 950 g/mol. The number of pyridine rings is 6. The highest BCUT2D eigenvalue weighted by atomic mass is 35.7. The first-order chi connectivity index (χ1) is 34.2. The van der Waals surface area contributed by atoms with E-state index in [4.69, 9.17) is 15.7 Å². The number of nitrogens with one attached hydrogen (secondary N) is 2. The molecular formula is C55H48ClN9O4S2. The van der Waals surface area contributed by atoms with Crippen LogP contribution >= 0.6 is 10.7 Å². The minimum atomic E-state index is -3.19. The van der Waals surface area contributed by atoms with Crippen molar-refractivity contribution in [2.45, 2.75) is 18.8 Å². The molecule has 0 fully saturated rings. The van der Waals surface area contributed by atoms with Gasteiger partial charge in [0.05, 0.1) is 53.6 Å². The van der Waals surface area contributed by atoms with Gasteiger partial charge in [0.15, 0.2) is 9.84 Å². The maximum atomic E-state index is 11.8. The van der Waals surface area contributed by atoms with E-state index in [1.165, 1.54) is 6.26 Å². The molecule has 6 heterocycles. The second-order valence-electron chi connectivity index (χ2n) is 16.4. The number of rotatable bonds is 12. The topological polar surface area (TPSA) is 196 Å². The van der Waals surface area contributed by atoms with E-state index in [0.29, 0.717) is 30.0 Å². The van der Waals surface area contributed by atoms with Crippen LogP contribution in [0.5, 0.6) is 0 Å². The number of nitrogens with zero attached hydrogens (tertiary/aromatic N) is 6. The Balaban J connectivity index is 0.000000175. The third-order valence-electron chi connectivity index (χ3n) is 10.8. The number of benzene rings is 4. The molecule has 0 saturated carbocycles. The molecule has 0 amide bonds. The lowest BCUT2D eigenvalue weighted by Crippen LogP contribution is -2.05. The Bertz CT molecular complexity index is 3650. The van der Waals surface area contributed by atoms with Crippen LogP contribution in [0.3, 0.4) is 0 Å². The second kappa shape index (κ2) is 22.5. The monoisotopic (exact) mass is 997 g/mol. The van der Waals surface area contributed by atoms with E-state index in [1.807, 2.05) is 84.9 Å². The Morgan fingerprint density at radius 3 is 1.39 bits per heavy atom. The van der Waals surface area contributed by atoms with Crippen LogP contribution in [0.15, 0.2) is 195 Å². The largest absolute Gasteiger partial charge is 0.397 e. The van der Waals surface area contributed by atoms with Crippen LogP contribution in [-0.4, -0.2) is 59.3 Å². The Hall–Kier alpha value is -8.11. The van der Waals surface area contributed by atoms with Gasteiger partial charge < -0.3 is 16.4 Å². The van der Waals surface area contributed by atoms with E-state index in [-0.39, 0.29) is 5.75 Å². The number of hydrogen-bond acceptors (Lipinski definition) is 13. The summed E-state index contributed by atoms with van der Waals surface area (Å²) in [6.45, 7) is 1.09. The van der Waals surface area contributed by atoms with Gasteiger partial charge >= 0.3 is 0 Å². The van der Waals surface area contributed by atoms with Crippen molar-refractivity contribution in [3.05, 3.63) is 212 Å². The molecule has 0 unspecified atom stereocenters. The fraction of sp³-hybridized carbons (Fsp3) is 0.0909. The lowest BCUT2D eigenvalue weighted by atomic mass is 9.97. The number of anilines is 3. The van der Waals surface area contributed by atoms with Crippen molar-refractivity contribution in [2.75, 3.05) is 28.9 Å². The van der Waals surface area contributed by atoms with Crippen molar-refractivity contribution in [1.82, 2.24) is 29.9 Å². The zero-order valence-corrected chi connectivity index (χ0v) is 41.1. The van der Waals surface area contributed by atoms with Gasteiger partial charge in [-0.05, 0) is 87.1 Å². The van der Waals surface area contributed by atoms with Crippen LogP contribution in [0.2, 0.25) is 0 Å². The quantitative estimate of drug-likeness (QED) is 0.0979. The van der Waals surface area contributed by atoms with Crippen molar-refractivity contribution in [3.8, 4) is 44.8 Å². The van der Waals surface area contributed by atoms with Gasteiger partial charge in [0.25, 0.3) is 0 Å². The fourth-order valence-corrected chi connectivity index (χ4v) is 8.61. The first kappa shape index (κ1) is 49.3. The van der Waals surface area contributed by atoms with Gasteiger partial charge in [-0.2, -0.15) is 0 Å². The van der Waals surface area contributed by atoms with Gasteiger partial charge in [-0.3, -0.25) is 19.9 Å². The number of hydrogen-bond donors (Lipinski definition) is 3. The van der Waals surface area contributed by atoms with E-state index in [2.05, 4.69) is 114 Å². The molecule has 0 aliphatic carbocycles. The van der Waals surface area contributed by atoms with Crippen molar-refractivity contribution < 1.29 is 16.8 Å². The molecule has 0 atom stereocenters. The van der Waals surface area contributed by atoms with Gasteiger partial charge in [0.1, 0.15) is 11.6 Å². The van der Waals surface area contributed by atoms with Gasteiger partial charge in [0.2, 0.25) is 9.05 Å². The van der Waals surface area contributed by atoms with E-state index in [0.717, 1.165) is 89.9 Å². The molecule has 0 spiro atoms. The molecule has 0 saturated heterocycles. The molecule has 13 nitrogen and oxygen atoms in total. The molecule has 16 heteroatoms. The predicted molar refractivity (Wildman–Crippen MR) is 288 cm³/mol. The molecule has 4 N–H and O–H groups in total. The number of fused-ring (bicyclic) bond motifs is 2. The minimum absolute atomic E-state index is 0.0651. The van der Waals surface area contributed by atoms with Crippen LogP contribution in [0.25, 0.3) is 66.3 Å². The highest BCUT2D eigenvalue weighted by Gasteiger charge is 2.16. The molecule has 4 aromatic carbocycles. The smallest absolute Gasteiger partial charge is 0.229 e.